The number of ether oxygens (including phenoxy) is 1. The Morgan fingerprint density at radius 2 is 2.14 bits per heavy atom. The molecule has 7 heteroatoms. The zero-order valence-corrected chi connectivity index (χ0v) is 12.5. The number of aromatic nitrogens is 1. The Morgan fingerprint density at radius 3 is 2.86 bits per heavy atom. The van der Waals surface area contributed by atoms with Gasteiger partial charge in [0.2, 0.25) is 0 Å². The quantitative estimate of drug-likeness (QED) is 0.907. The van der Waals surface area contributed by atoms with Gasteiger partial charge in [-0.25, -0.2) is 4.79 Å². The summed E-state index contributed by atoms with van der Waals surface area (Å²) in [6.07, 6.45) is 2.08. The lowest BCUT2D eigenvalue weighted by Gasteiger charge is -2.20. The van der Waals surface area contributed by atoms with Crippen LogP contribution in [0.2, 0.25) is 5.02 Å². The summed E-state index contributed by atoms with van der Waals surface area (Å²) in [6.45, 7) is 0.934. The normalized spacial score (nSPS) is 20.8. The maximum absolute atomic E-state index is 12.0. The molecule has 0 aliphatic carbocycles. The first kappa shape index (κ1) is 14.9. The van der Waals surface area contributed by atoms with E-state index in [4.69, 9.17) is 20.9 Å². The average Bonchev–Trinajstić information content (AvgIpc) is 3.17. The number of rotatable bonds is 4. The van der Waals surface area contributed by atoms with Gasteiger partial charge in [0, 0.05) is 17.7 Å². The zero-order chi connectivity index (χ0) is 15.4. The van der Waals surface area contributed by atoms with Crippen LogP contribution in [0.1, 0.15) is 23.8 Å². The van der Waals surface area contributed by atoms with E-state index >= 15 is 0 Å². The van der Waals surface area contributed by atoms with Crippen molar-refractivity contribution in [3.63, 3.8) is 0 Å². The molecule has 116 valence electrons. The van der Waals surface area contributed by atoms with Crippen LogP contribution in [-0.2, 0) is 11.3 Å². The first-order valence-electron chi connectivity index (χ1n) is 7.03. The minimum atomic E-state index is -0.252. The molecular weight excluding hydrogens is 306 g/mol. The van der Waals surface area contributed by atoms with E-state index in [9.17, 15) is 4.79 Å². The Balaban J connectivity index is 1.56. The van der Waals surface area contributed by atoms with Crippen LogP contribution in [0.25, 0.3) is 0 Å². The minimum Gasteiger partial charge on any atom is -0.371 e. The molecule has 22 heavy (non-hydrogen) atoms. The number of benzene rings is 1. The summed E-state index contributed by atoms with van der Waals surface area (Å²) in [5.74, 6) is 0. The highest BCUT2D eigenvalue weighted by Gasteiger charge is 2.30. The van der Waals surface area contributed by atoms with Gasteiger partial charge in [0.1, 0.15) is 18.1 Å². The summed E-state index contributed by atoms with van der Waals surface area (Å²) in [5, 5.41) is 10.1. The third-order valence-electron chi connectivity index (χ3n) is 3.53. The van der Waals surface area contributed by atoms with Gasteiger partial charge in [-0.2, -0.15) is 0 Å². The molecule has 3 rings (SSSR count). The van der Waals surface area contributed by atoms with Crippen LogP contribution in [0.15, 0.2) is 41.1 Å². The monoisotopic (exact) mass is 321 g/mol. The van der Waals surface area contributed by atoms with E-state index in [1.54, 1.807) is 6.07 Å². The lowest BCUT2D eigenvalue weighted by molar-refractivity contribution is 0.0999. The predicted molar refractivity (Wildman–Crippen MR) is 80.4 cm³/mol. The molecule has 1 saturated heterocycles. The van der Waals surface area contributed by atoms with E-state index in [2.05, 4.69) is 15.8 Å². The number of hydrogen-bond donors (Lipinski definition) is 2. The maximum Gasteiger partial charge on any atom is 0.315 e. The molecule has 2 amide bonds. The molecule has 2 heterocycles. The summed E-state index contributed by atoms with van der Waals surface area (Å²) in [4.78, 5) is 12.0. The molecular formula is C15H16ClN3O3. The fraction of sp³-hybridized carbons (Fsp3) is 0.333. The molecule has 0 spiro atoms. The molecule has 0 radical (unpaired) electrons. The first-order chi connectivity index (χ1) is 10.7. The van der Waals surface area contributed by atoms with Gasteiger partial charge in [-0.3, -0.25) is 0 Å². The Kier molecular flexibility index (Phi) is 4.60. The van der Waals surface area contributed by atoms with Gasteiger partial charge in [-0.05, 0) is 24.1 Å². The Morgan fingerprint density at radius 1 is 1.32 bits per heavy atom. The van der Waals surface area contributed by atoms with E-state index in [1.807, 2.05) is 24.3 Å². The highest BCUT2D eigenvalue weighted by Crippen LogP contribution is 2.29. The van der Waals surface area contributed by atoms with Crippen molar-refractivity contribution in [3.8, 4) is 0 Å². The Bertz CT molecular complexity index is 615. The molecule has 2 atom stereocenters. The molecule has 2 unspecified atom stereocenters. The highest BCUT2D eigenvalue weighted by molar-refractivity contribution is 6.30. The van der Waals surface area contributed by atoms with E-state index in [1.165, 1.54) is 6.26 Å². The van der Waals surface area contributed by atoms with E-state index in [-0.39, 0.29) is 18.2 Å². The summed E-state index contributed by atoms with van der Waals surface area (Å²) in [5.41, 5.74) is 1.68. The lowest BCUT2D eigenvalue weighted by atomic mass is 10.0. The number of halogens is 1. The smallest absolute Gasteiger partial charge is 0.315 e. The maximum atomic E-state index is 12.0. The molecule has 1 fully saturated rings. The van der Waals surface area contributed by atoms with Crippen molar-refractivity contribution >= 4 is 17.6 Å². The van der Waals surface area contributed by atoms with Crippen molar-refractivity contribution < 1.29 is 14.1 Å². The second-order valence-electron chi connectivity index (χ2n) is 5.06. The van der Waals surface area contributed by atoms with E-state index in [0.717, 1.165) is 12.0 Å². The third kappa shape index (κ3) is 3.58. The summed E-state index contributed by atoms with van der Waals surface area (Å²) >= 11 is 5.90. The number of carbonyl (C=O) groups excluding carboxylic acids is 1. The predicted octanol–water partition coefficient (Wildman–Crippen LogP) is 2.66. The fourth-order valence-corrected chi connectivity index (χ4v) is 2.56. The molecule has 6 nitrogen and oxygen atoms in total. The SMILES string of the molecule is O=C(NCc1ccon1)NC1CCOC1c1ccc(Cl)cc1. The second-order valence-corrected chi connectivity index (χ2v) is 5.49. The highest BCUT2D eigenvalue weighted by atomic mass is 35.5. The van der Waals surface area contributed by atoms with Gasteiger partial charge in [-0.15, -0.1) is 0 Å². The molecule has 2 N–H and O–H groups in total. The van der Waals surface area contributed by atoms with E-state index < -0.39 is 0 Å². The van der Waals surface area contributed by atoms with Crippen LogP contribution in [0.3, 0.4) is 0 Å². The van der Waals surface area contributed by atoms with Gasteiger partial charge < -0.3 is 19.9 Å². The van der Waals surface area contributed by atoms with Crippen molar-refractivity contribution in [2.24, 2.45) is 0 Å². The summed E-state index contributed by atoms with van der Waals surface area (Å²) in [7, 11) is 0. The number of amides is 2. The van der Waals surface area contributed by atoms with Gasteiger partial charge in [-0.1, -0.05) is 28.9 Å². The van der Waals surface area contributed by atoms with Crippen LogP contribution in [-0.4, -0.2) is 23.8 Å². The molecule has 1 aliphatic rings. The standard InChI is InChI=1S/C15H16ClN3O3/c16-11-3-1-10(2-4-11)14-13(6-7-21-14)18-15(20)17-9-12-5-8-22-19-12/h1-5,8,13-14H,6-7,9H2,(H2,17,18,20). The van der Waals surface area contributed by atoms with Crippen molar-refractivity contribution in [3.05, 3.63) is 52.9 Å². The molecule has 2 aromatic rings. The molecule has 0 bridgehead atoms. The summed E-state index contributed by atoms with van der Waals surface area (Å²) in [6, 6.07) is 8.85. The topological polar surface area (TPSA) is 76.4 Å². The number of nitrogens with zero attached hydrogens (tertiary/aromatic N) is 1. The van der Waals surface area contributed by atoms with E-state index in [0.29, 0.717) is 23.9 Å². The van der Waals surface area contributed by atoms with Crippen molar-refractivity contribution in [1.82, 2.24) is 15.8 Å². The first-order valence-corrected chi connectivity index (χ1v) is 7.41. The third-order valence-corrected chi connectivity index (χ3v) is 3.78. The van der Waals surface area contributed by atoms with Gasteiger partial charge in [0.15, 0.2) is 0 Å². The largest absolute Gasteiger partial charge is 0.371 e. The van der Waals surface area contributed by atoms with Crippen LogP contribution in [0, 0.1) is 0 Å². The minimum absolute atomic E-state index is 0.0708. The van der Waals surface area contributed by atoms with Gasteiger partial charge >= 0.3 is 6.03 Å². The average molecular weight is 322 g/mol. The van der Waals surface area contributed by atoms with Gasteiger partial charge in [0.05, 0.1) is 12.6 Å². The number of hydrogen-bond acceptors (Lipinski definition) is 4. The molecule has 0 saturated carbocycles. The molecule has 1 aromatic carbocycles. The van der Waals surface area contributed by atoms with Crippen molar-refractivity contribution in [2.75, 3.05) is 6.61 Å². The number of urea groups is 1. The number of carbonyl (C=O) groups is 1. The Labute approximate surface area is 132 Å². The van der Waals surface area contributed by atoms with Crippen LogP contribution in [0.5, 0.6) is 0 Å². The molecule has 1 aromatic heterocycles. The van der Waals surface area contributed by atoms with Crippen LogP contribution in [0.4, 0.5) is 4.79 Å². The van der Waals surface area contributed by atoms with Crippen LogP contribution < -0.4 is 10.6 Å². The lowest BCUT2D eigenvalue weighted by Crippen LogP contribution is -2.43. The van der Waals surface area contributed by atoms with Crippen molar-refractivity contribution in [1.29, 1.82) is 0 Å². The summed E-state index contributed by atoms with van der Waals surface area (Å²) < 4.78 is 10.4. The Hall–Kier alpha value is -2.05. The fourth-order valence-electron chi connectivity index (χ4n) is 2.44. The van der Waals surface area contributed by atoms with Crippen molar-refractivity contribution in [2.45, 2.75) is 25.1 Å². The number of nitrogens with one attached hydrogen (secondary N) is 2. The zero-order valence-electron chi connectivity index (χ0n) is 11.8. The van der Waals surface area contributed by atoms with Gasteiger partial charge in [0.25, 0.3) is 0 Å². The second kappa shape index (κ2) is 6.81. The molecule has 1 aliphatic heterocycles. The van der Waals surface area contributed by atoms with Crippen LogP contribution >= 0.6 is 11.6 Å².